The zero-order valence-corrected chi connectivity index (χ0v) is 15.3. The van der Waals surface area contributed by atoms with E-state index < -0.39 is 29.9 Å². The molecule has 3 rings (SSSR count). The second-order valence-corrected chi connectivity index (χ2v) is 6.38. The van der Waals surface area contributed by atoms with Crippen LogP contribution in [0.5, 0.6) is 0 Å². The van der Waals surface area contributed by atoms with Crippen molar-refractivity contribution in [2.45, 2.75) is 19.5 Å². The monoisotopic (exact) mass is 399 g/mol. The number of ketones is 1. The molecule has 0 radical (unpaired) electrons. The summed E-state index contributed by atoms with van der Waals surface area (Å²) in [6.45, 7) is 1.31. The van der Waals surface area contributed by atoms with Crippen molar-refractivity contribution in [3.63, 3.8) is 0 Å². The first-order chi connectivity index (χ1) is 13.7. The largest absolute Gasteiger partial charge is 0.416 e. The second-order valence-electron chi connectivity index (χ2n) is 6.38. The van der Waals surface area contributed by atoms with Crippen LogP contribution in [-0.4, -0.2) is 21.7 Å². The van der Waals surface area contributed by atoms with Gasteiger partial charge in [0.25, 0.3) is 0 Å². The third kappa shape index (κ3) is 5.04. The molecule has 0 aliphatic heterocycles. The van der Waals surface area contributed by atoms with Crippen molar-refractivity contribution in [1.82, 2.24) is 9.97 Å². The molecule has 2 aromatic carbocycles. The van der Waals surface area contributed by atoms with Gasteiger partial charge in [0, 0.05) is 29.2 Å². The lowest BCUT2D eigenvalue weighted by Gasteiger charge is -2.12. The summed E-state index contributed by atoms with van der Waals surface area (Å²) in [5, 5.41) is 2.46. The number of amides is 1. The van der Waals surface area contributed by atoms with Crippen LogP contribution in [-0.2, 0) is 11.0 Å². The van der Waals surface area contributed by atoms with E-state index in [9.17, 15) is 22.8 Å². The molecule has 0 unspecified atom stereocenters. The quantitative estimate of drug-likeness (QED) is 0.499. The molecule has 1 aromatic heterocycles. The first-order valence-electron chi connectivity index (χ1n) is 8.60. The van der Waals surface area contributed by atoms with E-state index in [0.717, 1.165) is 23.3 Å². The number of carbonyl (C=O) groups is 2. The van der Waals surface area contributed by atoms with Crippen LogP contribution >= 0.6 is 0 Å². The number of carbonyl (C=O) groups excluding carboxylic acids is 2. The van der Waals surface area contributed by atoms with Gasteiger partial charge in [-0.2, -0.15) is 13.2 Å². The van der Waals surface area contributed by atoms with E-state index in [0.29, 0.717) is 5.56 Å². The van der Waals surface area contributed by atoms with Crippen LogP contribution in [0.15, 0.2) is 61.2 Å². The SMILES string of the molecule is Cc1cc(NC(=O)CC(=O)c2cccc(-c3cncnc3)c2)ccc1C(F)(F)F. The molecule has 1 amide bonds. The summed E-state index contributed by atoms with van der Waals surface area (Å²) in [4.78, 5) is 32.5. The fourth-order valence-corrected chi connectivity index (χ4v) is 2.83. The van der Waals surface area contributed by atoms with Crippen molar-refractivity contribution in [3.8, 4) is 11.1 Å². The topological polar surface area (TPSA) is 72.0 Å². The zero-order valence-electron chi connectivity index (χ0n) is 15.3. The minimum Gasteiger partial charge on any atom is -0.326 e. The van der Waals surface area contributed by atoms with E-state index in [4.69, 9.17) is 0 Å². The van der Waals surface area contributed by atoms with Gasteiger partial charge in [-0.05, 0) is 42.3 Å². The Morgan fingerprint density at radius 1 is 1.00 bits per heavy atom. The average Bonchev–Trinajstić information content (AvgIpc) is 2.67. The third-order valence-electron chi connectivity index (χ3n) is 4.22. The maximum absolute atomic E-state index is 12.8. The van der Waals surface area contributed by atoms with Crippen molar-refractivity contribution < 1.29 is 22.8 Å². The molecule has 0 spiro atoms. The summed E-state index contributed by atoms with van der Waals surface area (Å²) in [5.74, 6) is -1.02. The number of anilines is 1. The van der Waals surface area contributed by atoms with E-state index in [-0.39, 0.29) is 11.3 Å². The molecule has 5 nitrogen and oxygen atoms in total. The first kappa shape index (κ1) is 20.2. The van der Waals surface area contributed by atoms with Crippen molar-refractivity contribution in [2.24, 2.45) is 0 Å². The number of halogens is 3. The lowest BCUT2D eigenvalue weighted by molar-refractivity contribution is -0.138. The van der Waals surface area contributed by atoms with Crippen molar-refractivity contribution in [1.29, 1.82) is 0 Å². The summed E-state index contributed by atoms with van der Waals surface area (Å²) >= 11 is 0. The van der Waals surface area contributed by atoms with E-state index in [1.165, 1.54) is 19.3 Å². The van der Waals surface area contributed by atoms with Gasteiger partial charge < -0.3 is 5.32 Å². The Labute approximate surface area is 164 Å². The van der Waals surface area contributed by atoms with Crippen molar-refractivity contribution >= 4 is 17.4 Å². The second kappa shape index (κ2) is 8.22. The highest BCUT2D eigenvalue weighted by Crippen LogP contribution is 2.32. The Morgan fingerprint density at radius 2 is 1.72 bits per heavy atom. The maximum Gasteiger partial charge on any atom is 0.416 e. The van der Waals surface area contributed by atoms with Gasteiger partial charge in [0.2, 0.25) is 5.91 Å². The Bertz CT molecular complexity index is 1050. The molecule has 1 N–H and O–H groups in total. The van der Waals surface area contributed by atoms with Gasteiger partial charge in [-0.15, -0.1) is 0 Å². The van der Waals surface area contributed by atoms with Crippen LogP contribution in [0.25, 0.3) is 11.1 Å². The van der Waals surface area contributed by atoms with Gasteiger partial charge in [-0.1, -0.05) is 18.2 Å². The van der Waals surface area contributed by atoms with E-state index >= 15 is 0 Å². The zero-order chi connectivity index (χ0) is 21.0. The molecule has 0 fully saturated rings. The Kier molecular flexibility index (Phi) is 5.72. The number of nitrogens with zero attached hydrogens (tertiary/aromatic N) is 2. The van der Waals surface area contributed by atoms with E-state index in [1.54, 1.807) is 36.7 Å². The minimum atomic E-state index is -4.46. The fraction of sp³-hybridized carbons (Fsp3) is 0.143. The van der Waals surface area contributed by atoms with Gasteiger partial charge in [-0.3, -0.25) is 9.59 Å². The Morgan fingerprint density at radius 3 is 2.38 bits per heavy atom. The number of aromatic nitrogens is 2. The standard InChI is InChI=1S/C21H16F3N3O2/c1-13-7-17(5-6-18(13)21(22,23)24)27-20(29)9-19(28)15-4-2-3-14(8-15)16-10-25-12-26-11-16/h2-8,10-12H,9H2,1H3,(H,27,29). The number of alkyl halides is 3. The molecule has 0 saturated heterocycles. The lowest BCUT2D eigenvalue weighted by Crippen LogP contribution is -2.17. The number of hydrogen-bond donors (Lipinski definition) is 1. The highest BCUT2D eigenvalue weighted by molar-refractivity contribution is 6.11. The van der Waals surface area contributed by atoms with Gasteiger partial charge in [-0.25, -0.2) is 9.97 Å². The van der Waals surface area contributed by atoms with E-state index in [1.807, 2.05) is 0 Å². The van der Waals surface area contributed by atoms with Gasteiger partial charge in [0.05, 0.1) is 12.0 Å². The van der Waals surface area contributed by atoms with Crippen LogP contribution in [0.3, 0.4) is 0 Å². The summed E-state index contributed by atoms with van der Waals surface area (Å²) in [7, 11) is 0. The first-order valence-corrected chi connectivity index (χ1v) is 8.60. The number of rotatable bonds is 5. The highest BCUT2D eigenvalue weighted by atomic mass is 19.4. The maximum atomic E-state index is 12.8. The average molecular weight is 399 g/mol. The highest BCUT2D eigenvalue weighted by Gasteiger charge is 2.32. The summed E-state index contributed by atoms with van der Waals surface area (Å²) in [6, 6.07) is 9.99. The molecule has 0 saturated carbocycles. The number of benzene rings is 2. The number of nitrogens with one attached hydrogen (secondary N) is 1. The molecular formula is C21H16F3N3O2. The molecule has 0 aliphatic rings. The molecule has 0 atom stereocenters. The molecule has 148 valence electrons. The number of Topliss-reactive ketones (excluding diaryl/α,β-unsaturated/α-hetero) is 1. The van der Waals surface area contributed by atoms with Crippen molar-refractivity contribution in [2.75, 3.05) is 5.32 Å². The predicted octanol–water partition coefficient (Wildman–Crippen LogP) is 4.68. The Balaban J connectivity index is 1.69. The van der Waals surface area contributed by atoms with Gasteiger partial charge in [0.15, 0.2) is 5.78 Å². The summed E-state index contributed by atoms with van der Waals surface area (Å²) in [6.07, 6.45) is -0.287. The Hall–Kier alpha value is -3.55. The predicted molar refractivity (Wildman–Crippen MR) is 101 cm³/mol. The normalized spacial score (nSPS) is 11.2. The molecule has 0 aliphatic carbocycles. The van der Waals surface area contributed by atoms with Crippen LogP contribution in [0.1, 0.15) is 27.9 Å². The van der Waals surface area contributed by atoms with Crippen LogP contribution in [0.4, 0.5) is 18.9 Å². The van der Waals surface area contributed by atoms with Crippen LogP contribution in [0.2, 0.25) is 0 Å². The van der Waals surface area contributed by atoms with Gasteiger partial charge >= 0.3 is 6.18 Å². The minimum absolute atomic E-state index is 0.0144. The van der Waals surface area contributed by atoms with Crippen LogP contribution in [0, 0.1) is 6.92 Å². The molecule has 8 heteroatoms. The lowest BCUT2D eigenvalue weighted by atomic mass is 10.0. The van der Waals surface area contributed by atoms with Crippen molar-refractivity contribution in [3.05, 3.63) is 77.9 Å². The number of aryl methyl sites for hydroxylation is 1. The summed E-state index contributed by atoms with van der Waals surface area (Å²) in [5.41, 5.74) is 1.21. The number of hydrogen-bond acceptors (Lipinski definition) is 4. The molecule has 1 heterocycles. The van der Waals surface area contributed by atoms with Crippen LogP contribution < -0.4 is 5.32 Å². The summed E-state index contributed by atoms with van der Waals surface area (Å²) < 4.78 is 38.5. The van der Waals surface area contributed by atoms with E-state index in [2.05, 4.69) is 15.3 Å². The molecule has 3 aromatic rings. The third-order valence-corrected chi connectivity index (χ3v) is 4.22. The fourth-order valence-electron chi connectivity index (χ4n) is 2.83. The molecule has 0 bridgehead atoms. The van der Waals surface area contributed by atoms with Gasteiger partial charge in [0.1, 0.15) is 6.33 Å². The smallest absolute Gasteiger partial charge is 0.326 e. The molecular weight excluding hydrogens is 383 g/mol. The molecule has 29 heavy (non-hydrogen) atoms.